The van der Waals surface area contributed by atoms with Gasteiger partial charge in [0.2, 0.25) is 10.0 Å². The van der Waals surface area contributed by atoms with Gasteiger partial charge in [-0.3, -0.25) is 14.9 Å². The molecule has 8 nitrogen and oxygen atoms in total. The second kappa shape index (κ2) is 5.65. The van der Waals surface area contributed by atoms with Gasteiger partial charge >= 0.3 is 6.18 Å². The van der Waals surface area contributed by atoms with Gasteiger partial charge in [-0.25, -0.2) is 13.6 Å². The van der Waals surface area contributed by atoms with E-state index in [-0.39, 0.29) is 0 Å². The number of non-ortho nitro benzene ring substituents is 1. The number of nitrogens with zero attached hydrogens (tertiary/aromatic N) is 1. The Kier molecular flexibility index (Phi) is 4.53. The molecule has 0 bridgehead atoms. The van der Waals surface area contributed by atoms with Crippen LogP contribution in [0.5, 0.6) is 0 Å². The van der Waals surface area contributed by atoms with Crippen molar-refractivity contribution in [2.75, 3.05) is 6.54 Å². The standard InChI is InChI=1S/C9H8F3N3O5S/c10-9(11,12)4-14-8(16)5-1-6(15(17)18)3-7(2-5)21(13,19)20/h1-3H,4H2,(H,14,16)(H2,13,19,20). The summed E-state index contributed by atoms with van der Waals surface area (Å²) < 4.78 is 58.2. The van der Waals surface area contributed by atoms with Crippen molar-refractivity contribution < 1.29 is 31.3 Å². The minimum atomic E-state index is -4.68. The van der Waals surface area contributed by atoms with E-state index in [0.717, 1.165) is 0 Å². The number of nitrogens with two attached hydrogens (primary N) is 1. The second-order valence-electron chi connectivity index (χ2n) is 3.82. The number of rotatable bonds is 4. The number of alkyl halides is 3. The van der Waals surface area contributed by atoms with Crippen LogP contribution in [-0.2, 0) is 10.0 Å². The van der Waals surface area contributed by atoms with Gasteiger partial charge in [0, 0.05) is 17.7 Å². The highest BCUT2D eigenvalue weighted by atomic mass is 32.2. The van der Waals surface area contributed by atoms with E-state index in [1.165, 1.54) is 5.32 Å². The van der Waals surface area contributed by atoms with E-state index in [0.29, 0.717) is 18.2 Å². The average Bonchev–Trinajstić information content (AvgIpc) is 2.33. The van der Waals surface area contributed by atoms with Gasteiger partial charge < -0.3 is 5.32 Å². The van der Waals surface area contributed by atoms with Crippen molar-refractivity contribution in [1.29, 1.82) is 0 Å². The van der Waals surface area contributed by atoms with Gasteiger partial charge in [-0.15, -0.1) is 0 Å². The Morgan fingerprint density at radius 1 is 1.33 bits per heavy atom. The number of benzene rings is 1. The molecule has 1 amide bonds. The Morgan fingerprint density at radius 3 is 2.33 bits per heavy atom. The van der Waals surface area contributed by atoms with Crippen LogP contribution in [0, 0.1) is 10.1 Å². The zero-order chi connectivity index (χ0) is 16.4. The van der Waals surface area contributed by atoms with Gasteiger partial charge in [-0.2, -0.15) is 13.2 Å². The molecule has 0 aliphatic rings. The summed E-state index contributed by atoms with van der Waals surface area (Å²) in [6.07, 6.45) is -4.68. The number of carbonyl (C=O) groups is 1. The van der Waals surface area contributed by atoms with Crippen molar-refractivity contribution in [3.8, 4) is 0 Å². The lowest BCUT2D eigenvalue weighted by molar-refractivity contribution is -0.385. The third-order valence-corrected chi connectivity index (χ3v) is 3.03. The maximum Gasteiger partial charge on any atom is 0.405 e. The van der Waals surface area contributed by atoms with Gasteiger partial charge in [0.05, 0.1) is 9.82 Å². The number of nitro groups is 1. The third kappa shape index (κ3) is 5.00. The fourth-order valence-electron chi connectivity index (χ4n) is 1.27. The molecule has 0 saturated carbocycles. The van der Waals surface area contributed by atoms with Gasteiger partial charge in [0.15, 0.2) is 0 Å². The Bertz CT molecular complexity index is 686. The molecule has 1 aromatic carbocycles. The number of hydrogen-bond donors (Lipinski definition) is 2. The molecule has 0 radical (unpaired) electrons. The van der Waals surface area contributed by atoms with Crippen molar-refractivity contribution in [2.45, 2.75) is 11.1 Å². The number of sulfonamides is 1. The number of halogens is 3. The van der Waals surface area contributed by atoms with Gasteiger partial charge in [-0.05, 0) is 6.07 Å². The first-order valence-electron chi connectivity index (χ1n) is 5.07. The predicted octanol–water partition coefficient (Wildman–Crippen LogP) is 0.534. The fourth-order valence-corrected chi connectivity index (χ4v) is 1.84. The van der Waals surface area contributed by atoms with Gasteiger partial charge in [-0.1, -0.05) is 0 Å². The first kappa shape index (κ1) is 16.8. The van der Waals surface area contributed by atoms with E-state index in [2.05, 4.69) is 0 Å². The van der Waals surface area contributed by atoms with Crippen LogP contribution in [-0.4, -0.2) is 32.0 Å². The number of amides is 1. The maximum atomic E-state index is 12.0. The van der Waals surface area contributed by atoms with E-state index in [1.54, 1.807) is 0 Å². The van der Waals surface area contributed by atoms with Crippen LogP contribution in [0.3, 0.4) is 0 Å². The monoisotopic (exact) mass is 327 g/mol. The molecule has 1 aromatic rings. The smallest absolute Gasteiger partial charge is 0.343 e. The largest absolute Gasteiger partial charge is 0.405 e. The molecule has 0 aromatic heterocycles. The zero-order valence-electron chi connectivity index (χ0n) is 10.0. The number of nitro benzene ring substituents is 1. The minimum absolute atomic E-state index is 0.593. The van der Waals surface area contributed by atoms with Crippen molar-refractivity contribution in [3.63, 3.8) is 0 Å². The number of nitrogens with one attached hydrogen (secondary N) is 1. The first-order valence-corrected chi connectivity index (χ1v) is 6.62. The van der Waals surface area contributed by atoms with Crippen LogP contribution in [0.2, 0.25) is 0 Å². The van der Waals surface area contributed by atoms with E-state index in [4.69, 9.17) is 5.14 Å². The van der Waals surface area contributed by atoms with Crippen LogP contribution in [0.25, 0.3) is 0 Å². The van der Waals surface area contributed by atoms with E-state index in [1.807, 2.05) is 0 Å². The van der Waals surface area contributed by atoms with E-state index < -0.39 is 49.7 Å². The van der Waals surface area contributed by atoms with Gasteiger partial charge in [0.1, 0.15) is 6.54 Å². The minimum Gasteiger partial charge on any atom is -0.343 e. The quantitative estimate of drug-likeness (QED) is 0.615. The number of hydrogen-bond acceptors (Lipinski definition) is 5. The predicted molar refractivity (Wildman–Crippen MR) is 62.9 cm³/mol. The Labute approximate surface area is 115 Å². The highest BCUT2D eigenvalue weighted by Gasteiger charge is 2.28. The molecular formula is C9H8F3N3O5S. The molecule has 0 aliphatic heterocycles. The molecule has 0 aliphatic carbocycles. The normalized spacial score (nSPS) is 12.0. The summed E-state index contributed by atoms with van der Waals surface area (Å²) in [4.78, 5) is 20.3. The highest BCUT2D eigenvalue weighted by Crippen LogP contribution is 2.20. The second-order valence-corrected chi connectivity index (χ2v) is 5.38. The summed E-state index contributed by atoms with van der Waals surface area (Å²) in [5.74, 6) is -1.32. The molecule has 0 saturated heterocycles. The summed E-state index contributed by atoms with van der Waals surface area (Å²) in [6, 6.07) is 1.88. The van der Waals surface area contributed by atoms with Crippen molar-refractivity contribution >= 4 is 21.6 Å². The lowest BCUT2D eigenvalue weighted by Gasteiger charge is -2.09. The van der Waals surface area contributed by atoms with Crippen LogP contribution in [0.15, 0.2) is 23.1 Å². The summed E-state index contributed by atoms with van der Waals surface area (Å²) >= 11 is 0. The Hall–Kier alpha value is -2.21. The van der Waals surface area contributed by atoms with Gasteiger partial charge in [0.25, 0.3) is 11.6 Å². The molecule has 0 unspecified atom stereocenters. The van der Waals surface area contributed by atoms with Crippen molar-refractivity contribution in [3.05, 3.63) is 33.9 Å². The average molecular weight is 327 g/mol. The van der Waals surface area contributed by atoms with Crippen molar-refractivity contribution in [1.82, 2.24) is 5.32 Å². The Balaban J connectivity index is 3.20. The zero-order valence-corrected chi connectivity index (χ0v) is 10.9. The molecule has 0 fully saturated rings. The highest BCUT2D eigenvalue weighted by molar-refractivity contribution is 7.89. The van der Waals surface area contributed by atoms with E-state index in [9.17, 15) is 36.5 Å². The molecule has 12 heteroatoms. The Morgan fingerprint density at radius 2 is 1.90 bits per heavy atom. The van der Waals surface area contributed by atoms with Crippen LogP contribution < -0.4 is 10.5 Å². The summed E-state index contributed by atoms with van der Waals surface area (Å²) in [5, 5.41) is 16.9. The topological polar surface area (TPSA) is 132 Å². The number of carbonyl (C=O) groups excluding carboxylic acids is 1. The molecule has 0 atom stereocenters. The SMILES string of the molecule is NS(=O)(=O)c1cc(C(=O)NCC(F)(F)F)cc([N+](=O)[O-])c1. The summed E-state index contributed by atoms with van der Waals surface area (Å²) in [6.45, 7) is -1.67. The van der Waals surface area contributed by atoms with Crippen LogP contribution >= 0.6 is 0 Å². The summed E-state index contributed by atoms with van der Waals surface area (Å²) in [7, 11) is -4.36. The lowest BCUT2D eigenvalue weighted by atomic mass is 10.2. The van der Waals surface area contributed by atoms with Crippen LogP contribution in [0.4, 0.5) is 18.9 Å². The molecule has 1 rings (SSSR count). The third-order valence-electron chi connectivity index (χ3n) is 2.14. The molecule has 0 heterocycles. The summed E-state index contributed by atoms with van der Waals surface area (Å²) in [5.41, 5.74) is -1.42. The molecule has 116 valence electrons. The van der Waals surface area contributed by atoms with Crippen molar-refractivity contribution in [2.24, 2.45) is 5.14 Å². The fraction of sp³-hybridized carbons (Fsp3) is 0.222. The lowest BCUT2D eigenvalue weighted by Crippen LogP contribution is -2.33. The molecular weight excluding hydrogens is 319 g/mol. The molecule has 0 spiro atoms. The molecule has 21 heavy (non-hydrogen) atoms. The number of primary sulfonamides is 1. The van der Waals surface area contributed by atoms with Crippen LogP contribution in [0.1, 0.15) is 10.4 Å². The van der Waals surface area contributed by atoms with E-state index >= 15 is 0 Å². The first-order chi connectivity index (χ1) is 9.40. The molecule has 3 N–H and O–H groups in total. The maximum absolute atomic E-state index is 12.0.